The van der Waals surface area contributed by atoms with Crippen molar-refractivity contribution in [2.75, 3.05) is 11.9 Å². The third-order valence-electron chi connectivity index (χ3n) is 3.86. The van der Waals surface area contributed by atoms with Gasteiger partial charge in [-0.25, -0.2) is 4.79 Å². The van der Waals surface area contributed by atoms with E-state index in [1.807, 2.05) is 36.6 Å². The average Bonchev–Trinajstić information content (AvgIpc) is 3.38. The number of para-hydroxylation sites is 1. The number of carbonyl (C=O) groups excluding carboxylic acids is 2. The Morgan fingerprint density at radius 1 is 1.15 bits per heavy atom. The molecule has 0 spiro atoms. The Hall–Kier alpha value is -3.06. The molecule has 0 fully saturated rings. The number of hydrogen-bond donors (Lipinski definition) is 2. The molecule has 7 heteroatoms. The molecule has 1 atom stereocenters. The van der Waals surface area contributed by atoms with Crippen LogP contribution in [-0.2, 0) is 16.1 Å². The lowest BCUT2D eigenvalue weighted by Gasteiger charge is -2.13. The van der Waals surface area contributed by atoms with Crippen LogP contribution < -0.4 is 10.6 Å². The van der Waals surface area contributed by atoms with Crippen molar-refractivity contribution in [3.63, 3.8) is 0 Å². The van der Waals surface area contributed by atoms with Crippen LogP contribution in [0.2, 0.25) is 0 Å². The number of thiophene rings is 1. The largest absolute Gasteiger partial charge is 0.467 e. The first kappa shape index (κ1) is 18.7. The van der Waals surface area contributed by atoms with E-state index >= 15 is 0 Å². The minimum absolute atomic E-state index is 0.126. The molecule has 0 bridgehead atoms. The first-order chi connectivity index (χ1) is 13.1. The van der Waals surface area contributed by atoms with Gasteiger partial charge in [-0.15, -0.1) is 11.3 Å². The van der Waals surface area contributed by atoms with Crippen LogP contribution in [0.1, 0.15) is 34.0 Å². The summed E-state index contributed by atoms with van der Waals surface area (Å²) in [6.07, 6.45) is 1.59. The van der Waals surface area contributed by atoms with Gasteiger partial charge in [-0.05, 0) is 42.6 Å². The summed E-state index contributed by atoms with van der Waals surface area (Å²) >= 11 is 1.56. The molecule has 6 nitrogen and oxygen atoms in total. The number of ether oxygens (including phenoxy) is 1. The van der Waals surface area contributed by atoms with Crippen molar-refractivity contribution in [1.82, 2.24) is 5.32 Å². The van der Waals surface area contributed by atoms with Gasteiger partial charge in [0.15, 0.2) is 6.61 Å². The summed E-state index contributed by atoms with van der Waals surface area (Å²) in [6.45, 7) is 2.00. The van der Waals surface area contributed by atoms with Gasteiger partial charge < -0.3 is 19.8 Å². The molecule has 0 unspecified atom stereocenters. The van der Waals surface area contributed by atoms with Gasteiger partial charge in [0.1, 0.15) is 5.76 Å². The Balaban J connectivity index is 1.53. The zero-order valence-corrected chi connectivity index (χ0v) is 15.6. The van der Waals surface area contributed by atoms with E-state index in [1.54, 1.807) is 41.9 Å². The number of carbonyl (C=O) groups is 2. The van der Waals surface area contributed by atoms with E-state index in [-0.39, 0.29) is 18.6 Å². The van der Waals surface area contributed by atoms with Crippen molar-refractivity contribution >= 4 is 28.9 Å². The zero-order chi connectivity index (χ0) is 19.1. The summed E-state index contributed by atoms with van der Waals surface area (Å²) in [4.78, 5) is 25.5. The minimum atomic E-state index is -0.559. The van der Waals surface area contributed by atoms with Crippen LogP contribution in [0.15, 0.2) is 64.6 Å². The topological polar surface area (TPSA) is 80.6 Å². The first-order valence-corrected chi connectivity index (χ1v) is 9.36. The Kier molecular flexibility index (Phi) is 6.27. The molecule has 2 heterocycles. The Morgan fingerprint density at radius 2 is 2.00 bits per heavy atom. The predicted octanol–water partition coefficient (Wildman–Crippen LogP) is 3.99. The fourth-order valence-electron chi connectivity index (χ4n) is 2.51. The van der Waals surface area contributed by atoms with Crippen molar-refractivity contribution < 1.29 is 18.7 Å². The lowest BCUT2D eigenvalue weighted by Crippen LogP contribution is -2.30. The van der Waals surface area contributed by atoms with E-state index in [2.05, 4.69) is 10.6 Å². The highest BCUT2D eigenvalue weighted by Gasteiger charge is 2.16. The minimum Gasteiger partial charge on any atom is -0.467 e. The SMILES string of the molecule is C[C@H](NC(=O)COC(=O)c1ccccc1NCc1ccco1)c1cccs1. The molecule has 1 amide bonds. The smallest absolute Gasteiger partial charge is 0.340 e. The number of nitrogens with one attached hydrogen (secondary N) is 2. The predicted molar refractivity (Wildman–Crippen MR) is 104 cm³/mol. The summed E-state index contributed by atoms with van der Waals surface area (Å²) in [5.74, 6) is -0.151. The maximum absolute atomic E-state index is 12.4. The standard InChI is InChI=1S/C20H20N2O4S/c1-14(18-9-5-11-27-18)22-19(23)13-26-20(24)16-7-2-3-8-17(16)21-12-15-6-4-10-25-15/h2-11,14,21H,12-13H2,1H3,(H,22,23)/t14-/m0/s1. The summed E-state index contributed by atoms with van der Waals surface area (Å²) in [5.41, 5.74) is 0.981. The molecule has 2 N–H and O–H groups in total. The number of benzene rings is 1. The lowest BCUT2D eigenvalue weighted by molar-refractivity contribution is -0.124. The van der Waals surface area contributed by atoms with Gasteiger partial charge in [-0.2, -0.15) is 0 Å². The van der Waals surface area contributed by atoms with Crippen LogP contribution in [0.3, 0.4) is 0 Å². The second kappa shape index (κ2) is 9.05. The van der Waals surface area contributed by atoms with Gasteiger partial charge in [-0.1, -0.05) is 18.2 Å². The average molecular weight is 384 g/mol. The molecule has 2 aromatic heterocycles. The van der Waals surface area contributed by atoms with Gasteiger partial charge in [0.25, 0.3) is 5.91 Å². The quantitative estimate of drug-likeness (QED) is 0.574. The molecule has 0 saturated heterocycles. The third kappa shape index (κ3) is 5.21. The fraction of sp³-hybridized carbons (Fsp3) is 0.200. The number of esters is 1. The van der Waals surface area contributed by atoms with Crippen LogP contribution >= 0.6 is 11.3 Å². The van der Waals surface area contributed by atoms with Crippen molar-refractivity contribution in [3.05, 3.63) is 76.4 Å². The molecule has 0 aliphatic rings. The molecule has 0 radical (unpaired) electrons. The van der Waals surface area contributed by atoms with Gasteiger partial charge in [-0.3, -0.25) is 4.79 Å². The maximum atomic E-state index is 12.4. The van der Waals surface area contributed by atoms with Gasteiger partial charge >= 0.3 is 5.97 Å². The fourth-order valence-corrected chi connectivity index (χ4v) is 3.25. The number of amides is 1. The van der Waals surface area contributed by atoms with E-state index < -0.39 is 5.97 Å². The van der Waals surface area contributed by atoms with Gasteiger partial charge in [0.05, 0.1) is 24.4 Å². The Morgan fingerprint density at radius 3 is 2.74 bits per heavy atom. The molecule has 27 heavy (non-hydrogen) atoms. The van der Waals surface area contributed by atoms with E-state index in [4.69, 9.17) is 9.15 Å². The molecule has 0 aliphatic heterocycles. The maximum Gasteiger partial charge on any atom is 0.340 e. The van der Waals surface area contributed by atoms with Gasteiger partial charge in [0.2, 0.25) is 0 Å². The third-order valence-corrected chi connectivity index (χ3v) is 4.92. The molecule has 140 valence electrons. The Labute approximate surface area is 161 Å². The normalized spacial score (nSPS) is 11.6. The monoisotopic (exact) mass is 384 g/mol. The van der Waals surface area contributed by atoms with E-state index in [1.165, 1.54) is 0 Å². The molecule has 3 aromatic rings. The van der Waals surface area contributed by atoms with Crippen LogP contribution in [0.4, 0.5) is 5.69 Å². The van der Waals surface area contributed by atoms with E-state index in [9.17, 15) is 9.59 Å². The number of anilines is 1. The van der Waals surface area contributed by atoms with E-state index in [0.717, 1.165) is 10.6 Å². The highest BCUT2D eigenvalue weighted by molar-refractivity contribution is 7.10. The van der Waals surface area contributed by atoms with Crippen molar-refractivity contribution in [2.45, 2.75) is 19.5 Å². The molecule has 0 aliphatic carbocycles. The van der Waals surface area contributed by atoms with Crippen LogP contribution in [0.5, 0.6) is 0 Å². The van der Waals surface area contributed by atoms with Gasteiger partial charge in [0, 0.05) is 10.6 Å². The second-order valence-electron chi connectivity index (χ2n) is 5.86. The summed E-state index contributed by atoms with van der Waals surface area (Å²) < 4.78 is 10.4. The van der Waals surface area contributed by atoms with Crippen LogP contribution in [-0.4, -0.2) is 18.5 Å². The number of furan rings is 1. The molecule has 3 rings (SSSR count). The summed E-state index contributed by atoms with van der Waals surface area (Å²) in [5, 5.41) is 7.90. The molecule has 0 saturated carbocycles. The van der Waals surface area contributed by atoms with Crippen molar-refractivity contribution in [3.8, 4) is 0 Å². The highest BCUT2D eigenvalue weighted by Crippen LogP contribution is 2.19. The number of hydrogen-bond acceptors (Lipinski definition) is 6. The van der Waals surface area contributed by atoms with Crippen LogP contribution in [0, 0.1) is 0 Å². The summed E-state index contributed by atoms with van der Waals surface area (Å²) in [7, 11) is 0. The highest BCUT2D eigenvalue weighted by atomic mass is 32.1. The second-order valence-corrected chi connectivity index (χ2v) is 6.84. The van der Waals surface area contributed by atoms with Crippen LogP contribution in [0.25, 0.3) is 0 Å². The first-order valence-electron chi connectivity index (χ1n) is 8.48. The lowest BCUT2D eigenvalue weighted by atomic mass is 10.2. The number of rotatable bonds is 8. The summed E-state index contributed by atoms with van der Waals surface area (Å²) in [6, 6.07) is 14.4. The van der Waals surface area contributed by atoms with Crippen molar-refractivity contribution in [1.29, 1.82) is 0 Å². The zero-order valence-electron chi connectivity index (χ0n) is 14.8. The van der Waals surface area contributed by atoms with Crippen molar-refractivity contribution in [2.24, 2.45) is 0 Å². The molecule has 1 aromatic carbocycles. The van der Waals surface area contributed by atoms with E-state index in [0.29, 0.717) is 17.8 Å². The molecular weight excluding hydrogens is 364 g/mol. The molecular formula is C20H20N2O4S. The Bertz CT molecular complexity index is 875.